The molecule has 0 unspecified atom stereocenters. The molecule has 3 N–H and O–H groups in total. The van der Waals surface area contributed by atoms with Crippen molar-refractivity contribution in [3.63, 3.8) is 0 Å². The third-order valence-electron chi connectivity index (χ3n) is 6.24. The van der Waals surface area contributed by atoms with E-state index in [-0.39, 0.29) is 13.1 Å². The first-order valence-corrected chi connectivity index (χ1v) is 11.5. The van der Waals surface area contributed by atoms with Crippen LogP contribution >= 0.6 is 0 Å². The molecule has 1 fully saturated rings. The summed E-state index contributed by atoms with van der Waals surface area (Å²) in [5.41, 5.74) is 5.59. The van der Waals surface area contributed by atoms with Crippen molar-refractivity contribution in [2.45, 2.75) is 32.1 Å². The van der Waals surface area contributed by atoms with Crippen LogP contribution in [0.4, 0.5) is 24.8 Å². The maximum atomic E-state index is 14.0. The second kappa shape index (κ2) is 9.48. The Kier molecular flexibility index (Phi) is 6.21. The average Bonchev–Trinajstić information content (AvgIpc) is 3.53. The predicted octanol–water partition coefficient (Wildman–Crippen LogP) is 4.01. The molecule has 4 heterocycles. The molecule has 1 aliphatic rings. The molecule has 0 radical (unpaired) electrons. The Morgan fingerprint density at radius 3 is 2.58 bits per heavy atom. The van der Waals surface area contributed by atoms with Crippen molar-refractivity contribution in [1.82, 2.24) is 25.1 Å². The number of nitrogen functional groups attached to an aromatic ring is 1. The van der Waals surface area contributed by atoms with Gasteiger partial charge in [-0.05, 0) is 53.6 Å². The van der Waals surface area contributed by atoms with Crippen molar-refractivity contribution < 1.29 is 18.0 Å². The number of alkyl halides is 3. The number of halogens is 3. The van der Waals surface area contributed by atoms with E-state index >= 15 is 0 Å². The lowest BCUT2D eigenvalue weighted by Crippen LogP contribution is -2.26. The van der Waals surface area contributed by atoms with Gasteiger partial charge in [0.25, 0.3) is 5.91 Å². The maximum absolute atomic E-state index is 14.0. The Bertz CT molecular complexity index is 1410. The smallest absolute Gasteiger partial charge is 0.383 e. The summed E-state index contributed by atoms with van der Waals surface area (Å²) in [6.45, 7) is 1.66. The topological polar surface area (TPSA) is 102 Å². The summed E-state index contributed by atoms with van der Waals surface area (Å²) in [4.78, 5) is 23.3. The van der Waals surface area contributed by atoms with Gasteiger partial charge < -0.3 is 16.0 Å². The Morgan fingerprint density at radius 2 is 1.81 bits per heavy atom. The number of hydrogen-bond donors (Lipinski definition) is 2. The van der Waals surface area contributed by atoms with Gasteiger partial charge in [0.05, 0.1) is 18.3 Å². The van der Waals surface area contributed by atoms with Gasteiger partial charge in [-0.3, -0.25) is 9.48 Å². The fourth-order valence-corrected chi connectivity index (χ4v) is 4.46. The quantitative estimate of drug-likeness (QED) is 0.419. The molecule has 8 nitrogen and oxygen atoms in total. The number of benzene rings is 1. The summed E-state index contributed by atoms with van der Waals surface area (Å²) >= 11 is 0. The largest absolute Gasteiger partial charge is 0.433 e. The minimum absolute atomic E-state index is 0.0447. The summed E-state index contributed by atoms with van der Waals surface area (Å²) in [5, 5.41) is 8.07. The molecule has 1 amide bonds. The van der Waals surface area contributed by atoms with Crippen molar-refractivity contribution in [1.29, 1.82) is 0 Å². The number of nitrogens with zero attached hydrogens (tertiary/aromatic N) is 5. The monoisotopic (exact) mass is 495 g/mol. The number of carbonyl (C=O) groups excluding carboxylic acids is 1. The first-order chi connectivity index (χ1) is 17.3. The highest BCUT2D eigenvalue weighted by atomic mass is 19.4. The highest BCUT2D eigenvalue weighted by Gasteiger charge is 2.40. The molecule has 0 saturated carbocycles. The van der Waals surface area contributed by atoms with Crippen molar-refractivity contribution in [2.75, 3.05) is 23.7 Å². The summed E-state index contributed by atoms with van der Waals surface area (Å²) in [5.74, 6) is 0.263. The number of anilines is 2. The zero-order valence-electron chi connectivity index (χ0n) is 19.3. The Hall–Kier alpha value is -4.15. The summed E-state index contributed by atoms with van der Waals surface area (Å²) in [7, 11) is 0. The van der Waals surface area contributed by atoms with Gasteiger partial charge >= 0.3 is 6.18 Å². The molecule has 0 spiro atoms. The first kappa shape index (κ1) is 23.6. The molecule has 1 saturated heterocycles. The number of fused-ring (bicyclic) bond motifs is 1. The molecule has 1 aliphatic heterocycles. The number of pyridine rings is 2. The van der Waals surface area contributed by atoms with Crippen LogP contribution in [0.15, 0.2) is 55.0 Å². The van der Waals surface area contributed by atoms with Gasteiger partial charge in [-0.2, -0.15) is 18.3 Å². The van der Waals surface area contributed by atoms with Crippen LogP contribution in [0.3, 0.4) is 0 Å². The SMILES string of the molecule is Nc1nccc2cc(CNC(=O)c3cnn(Cc4ccnc(N5CCCC5)c4)c3C(F)(F)F)ccc12. The minimum atomic E-state index is -4.76. The molecule has 0 aliphatic carbocycles. The van der Waals surface area contributed by atoms with E-state index in [4.69, 9.17) is 5.73 Å². The number of rotatable bonds is 6. The van der Waals surface area contributed by atoms with Crippen LogP contribution in [0.5, 0.6) is 0 Å². The van der Waals surface area contributed by atoms with Crippen LogP contribution in [0.1, 0.15) is 40.0 Å². The second-order valence-corrected chi connectivity index (χ2v) is 8.71. The van der Waals surface area contributed by atoms with Gasteiger partial charge in [0.15, 0.2) is 5.69 Å². The van der Waals surface area contributed by atoms with E-state index in [1.165, 1.54) is 0 Å². The fraction of sp³-hybridized carbons (Fsp3) is 0.280. The molecule has 186 valence electrons. The van der Waals surface area contributed by atoms with Crippen LogP contribution in [0, 0.1) is 0 Å². The molecule has 36 heavy (non-hydrogen) atoms. The highest BCUT2D eigenvalue weighted by molar-refractivity contribution is 5.95. The van der Waals surface area contributed by atoms with Crippen LogP contribution in [-0.4, -0.2) is 38.7 Å². The molecule has 1 aromatic carbocycles. The predicted molar refractivity (Wildman–Crippen MR) is 129 cm³/mol. The van der Waals surface area contributed by atoms with Gasteiger partial charge in [-0.15, -0.1) is 0 Å². The van der Waals surface area contributed by atoms with E-state index < -0.39 is 23.3 Å². The number of carbonyl (C=O) groups is 1. The van der Waals surface area contributed by atoms with Crippen molar-refractivity contribution in [2.24, 2.45) is 0 Å². The van der Waals surface area contributed by atoms with Gasteiger partial charge in [0, 0.05) is 37.4 Å². The Labute approximate surface area is 204 Å². The number of nitrogens with one attached hydrogen (secondary N) is 1. The average molecular weight is 496 g/mol. The number of nitrogens with two attached hydrogens (primary N) is 1. The number of aromatic nitrogens is 4. The van der Waals surface area contributed by atoms with E-state index in [9.17, 15) is 18.0 Å². The highest BCUT2D eigenvalue weighted by Crippen LogP contribution is 2.33. The van der Waals surface area contributed by atoms with Crippen LogP contribution in [0.2, 0.25) is 0 Å². The lowest BCUT2D eigenvalue weighted by molar-refractivity contribution is -0.144. The van der Waals surface area contributed by atoms with Crippen molar-refractivity contribution in [3.8, 4) is 0 Å². The van der Waals surface area contributed by atoms with Crippen molar-refractivity contribution >= 4 is 28.3 Å². The van der Waals surface area contributed by atoms with E-state index in [2.05, 4.69) is 25.3 Å². The van der Waals surface area contributed by atoms with Crippen molar-refractivity contribution in [3.05, 3.63) is 77.4 Å². The molecular formula is C25H24F3N7O. The third kappa shape index (κ3) is 4.81. The van der Waals surface area contributed by atoms with E-state index in [0.29, 0.717) is 16.9 Å². The normalized spacial score (nSPS) is 13.9. The second-order valence-electron chi connectivity index (χ2n) is 8.71. The molecule has 0 atom stereocenters. The zero-order chi connectivity index (χ0) is 25.3. The minimum Gasteiger partial charge on any atom is -0.383 e. The lowest BCUT2D eigenvalue weighted by atomic mass is 10.1. The maximum Gasteiger partial charge on any atom is 0.433 e. The van der Waals surface area contributed by atoms with Gasteiger partial charge in [0.1, 0.15) is 11.6 Å². The molecule has 0 bridgehead atoms. The Balaban J connectivity index is 1.35. The van der Waals surface area contributed by atoms with Crippen LogP contribution in [0.25, 0.3) is 10.8 Å². The lowest BCUT2D eigenvalue weighted by Gasteiger charge is -2.17. The molecule has 5 rings (SSSR count). The molecule has 4 aromatic rings. The molecule has 3 aromatic heterocycles. The fourth-order valence-electron chi connectivity index (χ4n) is 4.46. The van der Waals surface area contributed by atoms with Gasteiger partial charge in [-0.1, -0.05) is 12.1 Å². The zero-order valence-corrected chi connectivity index (χ0v) is 19.3. The first-order valence-electron chi connectivity index (χ1n) is 11.5. The molecule has 11 heteroatoms. The summed E-state index contributed by atoms with van der Waals surface area (Å²) in [6.07, 6.45) is 1.48. The number of hydrogen-bond acceptors (Lipinski definition) is 6. The summed E-state index contributed by atoms with van der Waals surface area (Å²) in [6, 6.07) is 10.5. The van der Waals surface area contributed by atoms with E-state index in [1.54, 1.807) is 42.7 Å². The Morgan fingerprint density at radius 1 is 1.03 bits per heavy atom. The number of amides is 1. The molecular weight excluding hydrogens is 471 g/mol. The van der Waals surface area contributed by atoms with Crippen LogP contribution in [-0.2, 0) is 19.3 Å². The van der Waals surface area contributed by atoms with E-state index in [0.717, 1.165) is 53.4 Å². The standard InChI is InChI=1S/C25H24F3N7O/c26-25(27,28)22-20(24(36)32-13-16-3-4-19-18(11-16)6-8-31-23(19)29)14-33-35(22)15-17-5-7-30-21(12-17)34-9-1-2-10-34/h3-8,11-12,14H,1-2,9-10,13,15H2,(H2,29,31)(H,32,36). The van der Waals surface area contributed by atoms with Gasteiger partial charge in [0.2, 0.25) is 0 Å². The summed E-state index contributed by atoms with van der Waals surface area (Å²) < 4.78 is 42.9. The van der Waals surface area contributed by atoms with Gasteiger partial charge in [-0.25, -0.2) is 9.97 Å². The van der Waals surface area contributed by atoms with Crippen LogP contribution < -0.4 is 16.0 Å². The van der Waals surface area contributed by atoms with E-state index in [1.807, 2.05) is 6.07 Å². The third-order valence-corrected chi connectivity index (χ3v) is 6.24.